The quantitative estimate of drug-likeness (QED) is 0.263. The Morgan fingerprint density at radius 1 is 1.08 bits per heavy atom. The first-order valence-electron chi connectivity index (χ1n) is 12.6. The van der Waals surface area contributed by atoms with E-state index in [1.165, 1.54) is 0 Å². The predicted molar refractivity (Wildman–Crippen MR) is 149 cm³/mol. The van der Waals surface area contributed by atoms with E-state index in [1.54, 1.807) is 6.33 Å². The van der Waals surface area contributed by atoms with E-state index in [1.807, 2.05) is 53.1 Å². The number of rotatable bonds is 8. The topological polar surface area (TPSA) is 102 Å². The molecule has 8 nitrogen and oxygen atoms in total. The number of nitrogens with zero attached hydrogens (tertiary/aromatic N) is 5. The lowest BCUT2D eigenvalue weighted by Crippen LogP contribution is -2.65. The maximum atomic E-state index is 12.4. The molecule has 4 aromatic rings. The van der Waals surface area contributed by atoms with E-state index in [0.29, 0.717) is 17.7 Å². The molecule has 0 saturated carbocycles. The van der Waals surface area contributed by atoms with Gasteiger partial charge in [-0.2, -0.15) is 15.0 Å². The Bertz CT molecular complexity index is 1330. The molecule has 2 atom stereocenters. The summed E-state index contributed by atoms with van der Waals surface area (Å²) >= 11 is 6.18. The van der Waals surface area contributed by atoms with Crippen LogP contribution >= 0.6 is 11.6 Å². The summed E-state index contributed by atoms with van der Waals surface area (Å²) in [4.78, 5) is 31.3. The first kappa shape index (κ1) is 25.8. The number of hydrogen-bond donors (Lipinski definition) is 2. The van der Waals surface area contributed by atoms with Crippen molar-refractivity contribution in [2.75, 3.05) is 12.8 Å². The zero-order chi connectivity index (χ0) is 26.2. The Hall–Kier alpha value is -2.82. The molecule has 1 aliphatic heterocycles. The van der Waals surface area contributed by atoms with Crippen LogP contribution in [0.2, 0.25) is 10.2 Å². The fourth-order valence-corrected chi connectivity index (χ4v) is 9.49. The number of hydrogen-bond acceptors (Lipinski definition) is 7. The van der Waals surface area contributed by atoms with E-state index in [-0.39, 0.29) is 28.3 Å². The van der Waals surface area contributed by atoms with Gasteiger partial charge in [-0.3, -0.25) is 4.84 Å². The Balaban J connectivity index is 1.31. The van der Waals surface area contributed by atoms with Gasteiger partial charge >= 0.3 is 0 Å². The van der Waals surface area contributed by atoms with Crippen LogP contribution in [0, 0.1) is 0 Å². The molecule has 0 bridgehead atoms. The number of aromatic nitrogens is 4. The van der Waals surface area contributed by atoms with Crippen molar-refractivity contribution >= 4 is 47.4 Å². The summed E-state index contributed by atoms with van der Waals surface area (Å²) in [6.45, 7) is 5.00. The molecule has 2 aromatic heterocycles. The number of anilines is 1. The average Bonchev–Trinajstić information content (AvgIpc) is 3.46. The lowest BCUT2D eigenvalue weighted by molar-refractivity contribution is -0.147. The molecule has 10 heteroatoms. The number of benzene rings is 2. The molecule has 0 aliphatic carbocycles. The van der Waals surface area contributed by atoms with Gasteiger partial charge in [0.15, 0.2) is 10.8 Å². The summed E-state index contributed by atoms with van der Waals surface area (Å²) in [7, 11) is -1.06. The second kappa shape index (κ2) is 10.1. The van der Waals surface area contributed by atoms with Crippen LogP contribution in [0.15, 0.2) is 67.0 Å². The first-order chi connectivity index (χ1) is 17.7. The number of fused-ring (bicyclic) bond motifs is 1. The van der Waals surface area contributed by atoms with Gasteiger partial charge in [0.05, 0.1) is 19.0 Å². The van der Waals surface area contributed by atoms with Crippen LogP contribution in [-0.4, -0.2) is 56.9 Å². The van der Waals surface area contributed by atoms with Crippen molar-refractivity contribution in [3.05, 3.63) is 72.1 Å². The Morgan fingerprint density at radius 3 is 2.32 bits per heavy atom. The van der Waals surface area contributed by atoms with Gasteiger partial charge in [-0.1, -0.05) is 86.1 Å². The normalized spacial score (nSPS) is 19.1. The van der Waals surface area contributed by atoms with Crippen molar-refractivity contribution in [2.24, 2.45) is 0 Å². The SMILES string of the molecule is CN1OC(Cn2cnc3c(Cl)nc(N)nc32)CC1CCC(C)(C)[Si](O)(c1ccccc1)c1ccccc1. The predicted octanol–water partition coefficient (Wildman–Crippen LogP) is 3.38. The highest BCUT2D eigenvalue weighted by Crippen LogP contribution is 2.41. The lowest BCUT2D eigenvalue weighted by atomic mass is 9.99. The molecule has 1 aliphatic rings. The van der Waals surface area contributed by atoms with E-state index < -0.39 is 8.32 Å². The molecule has 0 spiro atoms. The average molecular weight is 537 g/mol. The molecule has 194 valence electrons. The minimum Gasteiger partial charge on any atom is -0.424 e. The van der Waals surface area contributed by atoms with Crippen LogP contribution in [0.25, 0.3) is 11.2 Å². The minimum absolute atomic E-state index is 0.0372. The van der Waals surface area contributed by atoms with Gasteiger partial charge in [0, 0.05) is 13.1 Å². The first-order valence-corrected chi connectivity index (χ1v) is 14.9. The van der Waals surface area contributed by atoms with Crippen LogP contribution in [0.4, 0.5) is 5.95 Å². The van der Waals surface area contributed by atoms with Crippen molar-refractivity contribution in [2.45, 2.75) is 56.8 Å². The smallest absolute Gasteiger partial charge is 0.258 e. The summed E-state index contributed by atoms with van der Waals surface area (Å²) < 4.78 is 1.92. The number of hydroxylamine groups is 2. The summed E-state index contributed by atoms with van der Waals surface area (Å²) in [5, 5.41) is 3.97. The molecule has 3 heterocycles. The van der Waals surface area contributed by atoms with Crippen LogP contribution < -0.4 is 16.1 Å². The molecule has 5 rings (SSSR count). The third-order valence-corrected chi connectivity index (χ3v) is 12.5. The molecule has 2 aromatic carbocycles. The monoisotopic (exact) mass is 536 g/mol. The Morgan fingerprint density at radius 2 is 1.70 bits per heavy atom. The fourth-order valence-electron chi connectivity index (χ4n) is 5.52. The van der Waals surface area contributed by atoms with Gasteiger partial charge in [0.25, 0.3) is 8.32 Å². The van der Waals surface area contributed by atoms with Crippen molar-refractivity contribution < 1.29 is 9.63 Å². The van der Waals surface area contributed by atoms with Crippen molar-refractivity contribution in [1.29, 1.82) is 0 Å². The molecule has 2 unspecified atom stereocenters. The van der Waals surface area contributed by atoms with E-state index in [2.05, 4.69) is 53.1 Å². The summed E-state index contributed by atoms with van der Waals surface area (Å²) in [5.41, 5.74) is 6.94. The maximum Gasteiger partial charge on any atom is 0.258 e. The maximum absolute atomic E-state index is 12.4. The summed E-state index contributed by atoms with van der Waals surface area (Å²) in [6, 6.07) is 20.6. The van der Waals surface area contributed by atoms with Gasteiger partial charge in [0.1, 0.15) is 5.52 Å². The highest BCUT2D eigenvalue weighted by molar-refractivity contribution is 6.98. The van der Waals surface area contributed by atoms with Crippen LogP contribution in [0.5, 0.6) is 0 Å². The minimum atomic E-state index is -3.04. The molecule has 0 radical (unpaired) electrons. The van der Waals surface area contributed by atoms with Crippen molar-refractivity contribution in [3.8, 4) is 0 Å². The second-order valence-electron chi connectivity index (χ2n) is 10.5. The highest BCUT2D eigenvalue weighted by atomic mass is 35.5. The van der Waals surface area contributed by atoms with Crippen LogP contribution in [0.1, 0.15) is 33.1 Å². The zero-order valence-electron chi connectivity index (χ0n) is 21.4. The highest BCUT2D eigenvalue weighted by Gasteiger charge is 2.50. The second-order valence-corrected chi connectivity index (χ2v) is 14.8. The third-order valence-electron chi connectivity index (χ3n) is 7.67. The van der Waals surface area contributed by atoms with Gasteiger partial charge in [-0.15, -0.1) is 0 Å². The molecular formula is C27H33ClN6O2Si. The third kappa shape index (κ3) is 4.89. The zero-order valence-corrected chi connectivity index (χ0v) is 23.1. The van der Waals surface area contributed by atoms with Crippen LogP contribution in [0.3, 0.4) is 0 Å². The van der Waals surface area contributed by atoms with Crippen molar-refractivity contribution in [1.82, 2.24) is 24.6 Å². The molecule has 1 saturated heterocycles. The van der Waals surface area contributed by atoms with Gasteiger partial charge in [0.2, 0.25) is 5.95 Å². The largest absolute Gasteiger partial charge is 0.424 e. The van der Waals surface area contributed by atoms with Gasteiger partial charge in [-0.05, 0) is 34.7 Å². The van der Waals surface area contributed by atoms with E-state index in [4.69, 9.17) is 22.2 Å². The number of nitrogens with two attached hydrogens (primary N) is 1. The molecule has 3 N–H and O–H groups in total. The van der Waals surface area contributed by atoms with Gasteiger partial charge in [-0.25, -0.2) is 4.98 Å². The molecule has 1 fully saturated rings. The number of halogens is 1. The summed E-state index contributed by atoms with van der Waals surface area (Å²) in [5.74, 6) is 0.123. The number of imidazole rings is 1. The molecular weight excluding hydrogens is 504 g/mol. The molecule has 37 heavy (non-hydrogen) atoms. The number of nitrogen functional groups attached to an aromatic ring is 1. The Labute approximate surface area is 223 Å². The fraction of sp³-hybridized carbons (Fsp3) is 0.370. The Kier molecular flexibility index (Phi) is 7.08. The van der Waals surface area contributed by atoms with Crippen LogP contribution in [-0.2, 0) is 11.4 Å². The van der Waals surface area contributed by atoms with E-state index in [9.17, 15) is 4.80 Å². The van der Waals surface area contributed by atoms with Crippen molar-refractivity contribution in [3.63, 3.8) is 0 Å². The summed E-state index contributed by atoms with van der Waals surface area (Å²) in [6.07, 6.45) is 4.29. The molecule has 0 amide bonds. The van der Waals surface area contributed by atoms with E-state index in [0.717, 1.165) is 29.6 Å². The standard InChI is InChI=1S/C27H33ClN6O2Si/c1-27(2,37(35,21-10-6-4-7-11-21)22-12-8-5-9-13-22)15-14-19-16-20(36-33(19)3)17-34-18-30-23-24(28)31-26(29)32-25(23)34/h4-13,18-20,35H,14-17H2,1-3H3,(H2,29,31,32). The lowest BCUT2D eigenvalue weighted by Gasteiger charge is -2.42. The van der Waals surface area contributed by atoms with E-state index >= 15 is 0 Å². The van der Waals surface area contributed by atoms with Gasteiger partial charge < -0.3 is 15.1 Å².